The zero-order valence-electron chi connectivity index (χ0n) is 19.9. The van der Waals surface area contributed by atoms with E-state index in [1.165, 1.54) is 12.5 Å². The third-order valence-electron chi connectivity index (χ3n) is 5.36. The van der Waals surface area contributed by atoms with Gasteiger partial charge in [-0.2, -0.15) is 12.6 Å². The maximum absolute atomic E-state index is 13.3. The van der Waals surface area contributed by atoms with E-state index in [9.17, 15) is 29.1 Å². The number of hydrogen-bond acceptors (Lipinski definition) is 8. The molecule has 2 aromatic rings. The fourth-order valence-electron chi connectivity index (χ4n) is 3.32. The molecule has 0 aliphatic heterocycles. The summed E-state index contributed by atoms with van der Waals surface area (Å²) in [5.74, 6) is -4.19. The fourth-order valence-corrected chi connectivity index (χ4v) is 3.57. The van der Waals surface area contributed by atoms with Crippen LogP contribution in [0.4, 0.5) is 0 Å². The lowest BCUT2D eigenvalue weighted by atomic mass is 10.0. The van der Waals surface area contributed by atoms with Crippen LogP contribution in [0.1, 0.15) is 24.1 Å². The van der Waals surface area contributed by atoms with Crippen LogP contribution < -0.4 is 27.4 Å². The van der Waals surface area contributed by atoms with Crippen molar-refractivity contribution in [3.8, 4) is 0 Å². The van der Waals surface area contributed by atoms with Crippen LogP contribution in [0.2, 0.25) is 0 Å². The minimum Gasteiger partial charge on any atom is -0.480 e. The van der Waals surface area contributed by atoms with E-state index in [4.69, 9.17) is 11.5 Å². The normalized spacial score (nSPS) is 14.0. The van der Waals surface area contributed by atoms with Crippen LogP contribution in [-0.2, 0) is 36.8 Å². The molecule has 14 heteroatoms. The zero-order valence-corrected chi connectivity index (χ0v) is 20.8. The van der Waals surface area contributed by atoms with Crippen LogP contribution in [0.3, 0.4) is 0 Å². The number of nitrogens with zero attached hydrogens (tertiary/aromatic N) is 1. The smallest absolute Gasteiger partial charge is 0.327 e. The zero-order chi connectivity index (χ0) is 27.4. The summed E-state index contributed by atoms with van der Waals surface area (Å²) in [5, 5.41) is 16.8. The Labute approximate surface area is 218 Å². The highest BCUT2D eigenvalue weighted by molar-refractivity contribution is 7.80. The lowest BCUT2D eigenvalue weighted by molar-refractivity contribution is -0.141. The summed E-state index contributed by atoms with van der Waals surface area (Å²) in [5.41, 5.74) is 12.2. The number of carbonyl (C=O) groups is 5. The molecule has 0 spiro atoms. The van der Waals surface area contributed by atoms with Crippen LogP contribution in [0.25, 0.3) is 0 Å². The van der Waals surface area contributed by atoms with E-state index in [0.29, 0.717) is 5.69 Å². The standard InChI is InChI=1S/C23H31N7O6S/c24-15(6-7-19(25)31)20(32)28-16(8-13-4-2-1-3-5-13)21(33)29-17(9-14-10-26-12-27-14)22(34)30-18(11-37)23(35)36/h1-5,10,12,15-18,37H,6-9,11,24H2,(H2,25,31)(H,26,27)(H,28,32)(H,29,33)(H,30,34)(H,35,36). The molecule has 0 fully saturated rings. The number of imidazole rings is 1. The predicted octanol–water partition coefficient (Wildman–Crippen LogP) is -1.74. The number of thiol groups is 1. The van der Waals surface area contributed by atoms with E-state index in [1.54, 1.807) is 30.3 Å². The first-order chi connectivity index (χ1) is 17.6. The summed E-state index contributed by atoms with van der Waals surface area (Å²) in [7, 11) is 0. The van der Waals surface area contributed by atoms with Gasteiger partial charge in [-0.3, -0.25) is 19.2 Å². The third-order valence-corrected chi connectivity index (χ3v) is 5.73. The molecule has 0 aliphatic carbocycles. The van der Waals surface area contributed by atoms with Crippen molar-refractivity contribution in [1.82, 2.24) is 25.9 Å². The van der Waals surface area contributed by atoms with Crippen LogP contribution in [0, 0.1) is 0 Å². The Morgan fingerprint density at radius 1 is 0.946 bits per heavy atom. The number of aromatic amines is 1. The topological polar surface area (TPSA) is 222 Å². The number of rotatable bonds is 15. The Balaban J connectivity index is 2.23. The summed E-state index contributed by atoms with van der Waals surface area (Å²) >= 11 is 3.94. The number of aromatic nitrogens is 2. The molecule has 0 aliphatic rings. The Kier molecular flexibility index (Phi) is 11.6. The van der Waals surface area contributed by atoms with Gasteiger partial charge in [0.25, 0.3) is 0 Å². The average molecular weight is 534 g/mol. The summed E-state index contributed by atoms with van der Waals surface area (Å²) in [4.78, 5) is 68.0. The molecular weight excluding hydrogens is 502 g/mol. The van der Waals surface area contributed by atoms with E-state index >= 15 is 0 Å². The maximum Gasteiger partial charge on any atom is 0.327 e. The van der Waals surface area contributed by atoms with Gasteiger partial charge in [0, 0.05) is 36.9 Å². The van der Waals surface area contributed by atoms with Gasteiger partial charge in [-0.1, -0.05) is 30.3 Å². The van der Waals surface area contributed by atoms with Crippen molar-refractivity contribution in [3.63, 3.8) is 0 Å². The Morgan fingerprint density at radius 2 is 1.54 bits per heavy atom. The minimum atomic E-state index is -1.28. The summed E-state index contributed by atoms with van der Waals surface area (Å²) in [6.45, 7) is 0. The van der Waals surface area contributed by atoms with E-state index in [0.717, 1.165) is 5.56 Å². The number of primary amides is 1. The predicted molar refractivity (Wildman–Crippen MR) is 136 cm³/mol. The molecule has 0 bridgehead atoms. The summed E-state index contributed by atoms with van der Waals surface area (Å²) in [6.07, 6.45) is 2.79. The molecule has 200 valence electrons. The number of amides is 4. The van der Waals surface area contributed by atoms with Gasteiger partial charge in [0.05, 0.1) is 12.4 Å². The Morgan fingerprint density at radius 3 is 2.08 bits per heavy atom. The number of H-pyrrole nitrogens is 1. The molecule has 13 nitrogen and oxygen atoms in total. The minimum absolute atomic E-state index is 0.00793. The molecule has 37 heavy (non-hydrogen) atoms. The molecule has 4 amide bonds. The molecule has 4 unspecified atom stereocenters. The monoisotopic (exact) mass is 533 g/mol. The Bertz CT molecular complexity index is 1070. The number of hydrogen-bond donors (Lipinski definition) is 8. The van der Waals surface area contributed by atoms with Crippen molar-refractivity contribution in [3.05, 3.63) is 54.1 Å². The molecule has 2 rings (SSSR count). The van der Waals surface area contributed by atoms with Gasteiger partial charge in [0.15, 0.2) is 0 Å². The molecule has 1 heterocycles. The van der Waals surface area contributed by atoms with Gasteiger partial charge >= 0.3 is 5.97 Å². The maximum atomic E-state index is 13.3. The number of carboxylic acids is 1. The van der Waals surface area contributed by atoms with Crippen molar-refractivity contribution in [2.75, 3.05) is 5.75 Å². The third kappa shape index (κ3) is 9.93. The first kappa shape index (κ1) is 29.3. The number of carboxylic acid groups (broad SMARTS) is 1. The molecular formula is C23H31N7O6S. The second-order valence-electron chi connectivity index (χ2n) is 8.29. The highest BCUT2D eigenvalue weighted by Gasteiger charge is 2.30. The van der Waals surface area contributed by atoms with E-state index in [2.05, 4.69) is 38.5 Å². The average Bonchev–Trinajstić information content (AvgIpc) is 3.38. The van der Waals surface area contributed by atoms with Crippen molar-refractivity contribution in [2.24, 2.45) is 11.5 Å². The SMILES string of the molecule is NC(=O)CCC(N)C(=O)NC(Cc1ccccc1)C(=O)NC(Cc1cnc[nH]1)C(=O)NC(CS)C(=O)O. The number of benzene rings is 1. The molecule has 1 aromatic heterocycles. The van der Waals surface area contributed by atoms with Gasteiger partial charge in [0.1, 0.15) is 18.1 Å². The number of aliphatic carboxylic acids is 1. The van der Waals surface area contributed by atoms with Crippen LogP contribution in [0.5, 0.6) is 0 Å². The lowest BCUT2D eigenvalue weighted by Crippen LogP contribution is -2.58. The summed E-state index contributed by atoms with van der Waals surface area (Å²) < 4.78 is 0. The van der Waals surface area contributed by atoms with Gasteiger partial charge < -0.3 is 37.5 Å². The summed E-state index contributed by atoms with van der Waals surface area (Å²) in [6, 6.07) is 4.15. The fraction of sp³-hybridized carbons (Fsp3) is 0.391. The van der Waals surface area contributed by atoms with E-state index in [1.807, 2.05) is 0 Å². The first-order valence-corrected chi connectivity index (χ1v) is 12.0. The van der Waals surface area contributed by atoms with Crippen LogP contribution in [0.15, 0.2) is 42.9 Å². The van der Waals surface area contributed by atoms with E-state index < -0.39 is 53.8 Å². The van der Waals surface area contributed by atoms with E-state index in [-0.39, 0.29) is 31.4 Å². The lowest BCUT2D eigenvalue weighted by Gasteiger charge is -2.25. The molecule has 4 atom stereocenters. The molecule has 0 radical (unpaired) electrons. The highest BCUT2D eigenvalue weighted by atomic mass is 32.1. The second-order valence-corrected chi connectivity index (χ2v) is 8.65. The number of nitrogens with two attached hydrogens (primary N) is 2. The molecule has 0 saturated heterocycles. The van der Waals surface area contributed by atoms with Crippen LogP contribution >= 0.6 is 12.6 Å². The second kappa shape index (κ2) is 14.6. The Hall–Kier alpha value is -3.91. The van der Waals surface area contributed by atoms with Crippen LogP contribution in [-0.4, -0.2) is 74.6 Å². The van der Waals surface area contributed by atoms with Crippen molar-refractivity contribution < 1.29 is 29.1 Å². The quantitative estimate of drug-likeness (QED) is 0.122. The largest absolute Gasteiger partial charge is 0.480 e. The van der Waals surface area contributed by atoms with Crippen molar-refractivity contribution >= 4 is 42.2 Å². The van der Waals surface area contributed by atoms with Gasteiger partial charge in [-0.05, 0) is 12.0 Å². The van der Waals surface area contributed by atoms with Gasteiger partial charge in [-0.25, -0.2) is 9.78 Å². The highest BCUT2D eigenvalue weighted by Crippen LogP contribution is 2.07. The van der Waals surface area contributed by atoms with Gasteiger partial charge in [0.2, 0.25) is 23.6 Å². The van der Waals surface area contributed by atoms with Gasteiger partial charge in [-0.15, -0.1) is 0 Å². The number of carbonyl (C=O) groups excluding carboxylic acids is 4. The first-order valence-electron chi connectivity index (χ1n) is 11.4. The molecule has 0 saturated carbocycles. The molecule has 1 aromatic carbocycles. The molecule has 9 N–H and O–H groups in total. The number of nitrogens with one attached hydrogen (secondary N) is 4. The van der Waals surface area contributed by atoms with Crippen molar-refractivity contribution in [2.45, 2.75) is 49.9 Å². The van der Waals surface area contributed by atoms with Crippen molar-refractivity contribution in [1.29, 1.82) is 0 Å².